The molecule has 0 aliphatic heterocycles. The van der Waals surface area contributed by atoms with Crippen molar-refractivity contribution in [2.45, 2.75) is 25.7 Å². The summed E-state index contributed by atoms with van der Waals surface area (Å²) < 4.78 is 47.3. The van der Waals surface area contributed by atoms with Crippen LogP contribution in [0.25, 0.3) is 10.8 Å². The predicted molar refractivity (Wildman–Crippen MR) is 101 cm³/mol. The highest BCUT2D eigenvalue weighted by molar-refractivity contribution is 6.04. The zero-order chi connectivity index (χ0) is 20.4. The number of anilines is 1. The fourth-order valence-electron chi connectivity index (χ4n) is 3.56. The predicted octanol–water partition coefficient (Wildman–Crippen LogP) is 4.87. The van der Waals surface area contributed by atoms with Crippen molar-refractivity contribution in [3.8, 4) is 5.88 Å². The number of aromatic nitrogens is 2. The van der Waals surface area contributed by atoms with Gasteiger partial charge in [-0.25, -0.2) is 23.1 Å². The number of fused-ring (bicyclic) bond motifs is 1. The van der Waals surface area contributed by atoms with Crippen molar-refractivity contribution in [3.05, 3.63) is 59.8 Å². The SMILES string of the molecule is O=C(Nc1cc(F)c2c(OCC3CCCC3)nccc2c1)c1ncc(F)cc1F. The molecule has 1 amide bonds. The molecule has 1 aromatic carbocycles. The van der Waals surface area contributed by atoms with Crippen LogP contribution in [0.1, 0.15) is 36.2 Å². The van der Waals surface area contributed by atoms with E-state index in [-0.39, 0.29) is 17.0 Å². The molecule has 1 fully saturated rings. The fourth-order valence-corrected chi connectivity index (χ4v) is 3.56. The monoisotopic (exact) mass is 401 g/mol. The minimum atomic E-state index is -1.10. The number of nitrogens with zero attached hydrogens (tertiary/aromatic N) is 2. The first-order chi connectivity index (χ1) is 14.0. The van der Waals surface area contributed by atoms with Gasteiger partial charge in [-0.15, -0.1) is 0 Å². The lowest BCUT2D eigenvalue weighted by Gasteiger charge is -2.13. The standard InChI is InChI=1S/C21H18F3N3O2/c22-14-8-17(24)19(26-10-14)20(28)27-15-7-13-5-6-25-21(18(13)16(23)9-15)29-11-12-3-1-2-4-12/h5-10,12H,1-4,11H2,(H,27,28). The highest BCUT2D eigenvalue weighted by Gasteiger charge is 2.19. The first-order valence-electron chi connectivity index (χ1n) is 9.34. The second kappa shape index (κ2) is 8.06. The molecule has 0 bridgehead atoms. The van der Waals surface area contributed by atoms with Crippen LogP contribution in [0.2, 0.25) is 0 Å². The molecule has 0 radical (unpaired) electrons. The molecule has 0 saturated heterocycles. The van der Waals surface area contributed by atoms with Crippen molar-refractivity contribution < 1.29 is 22.7 Å². The highest BCUT2D eigenvalue weighted by Crippen LogP contribution is 2.31. The smallest absolute Gasteiger partial charge is 0.277 e. The van der Waals surface area contributed by atoms with Crippen molar-refractivity contribution in [1.82, 2.24) is 9.97 Å². The van der Waals surface area contributed by atoms with Crippen LogP contribution >= 0.6 is 0 Å². The van der Waals surface area contributed by atoms with Crippen LogP contribution in [0.3, 0.4) is 0 Å². The zero-order valence-electron chi connectivity index (χ0n) is 15.4. The van der Waals surface area contributed by atoms with Gasteiger partial charge in [0.2, 0.25) is 5.88 Å². The van der Waals surface area contributed by atoms with Crippen LogP contribution in [0.15, 0.2) is 36.7 Å². The van der Waals surface area contributed by atoms with E-state index in [2.05, 4.69) is 15.3 Å². The van der Waals surface area contributed by atoms with Gasteiger partial charge < -0.3 is 10.1 Å². The molecule has 29 heavy (non-hydrogen) atoms. The van der Waals surface area contributed by atoms with E-state index in [1.807, 2.05) is 0 Å². The summed E-state index contributed by atoms with van der Waals surface area (Å²) in [6.45, 7) is 0.486. The number of hydrogen-bond acceptors (Lipinski definition) is 4. The van der Waals surface area contributed by atoms with E-state index in [1.54, 1.807) is 6.07 Å². The molecule has 2 heterocycles. The molecule has 0 atom stereocenters. The third-order valence-electron chi connectivity index (χ3n) is 4.99. The van der Waals surface area contributed by atoms with E-state index < -0.39 is 29.1 Å². The summed E-state index contributed by atoms with van der Waals surface area (Å²) in [6.07, 6.45) is 6.78. The molecule has 8 heteroatoms. The number of rotatable bonds is 5. The number of nitrogens with one attached hydrogen (secondary N) is 1. The molecular weight excluding hydrogens is 383 g/mol. The molecule has 5 nitrogen and oxygen atoms in total. The maximum absolute atomic E-state index is 14.8. The molecule has 0 unspecified atom stereocenters. The van der Waals surface area contributed by atoms with Crippen LogP contribution in [0.5, 0.6) is 5.88 Å². The Balaban J connectivity index is 1.57. The van der Waals surface area contributed by atoms with Gasteiger partial charge in [0.15, 0.2) is 11.5 Å². The molecule has 150 valence electrons. The minimum Gasteiger partial charge on any atom is -0.477 e. The second-order valence-corrected chi connectivity index (χ2v) is 7.07. The van der Waals surface area contributed by atoms with Gasteiger partial charge >= 0.3 is 0 Å². The average molecular weight is 401 g/mol. The number of hydrogen-bond donors (Lipinski definition) is 1. The van der Waals surface area contributed by atoms with Crippen molar-refractivity contribution in [2.75, 3.05) is 11.9 Å². The molecule has 1 saturated carbocycles. The molecule has 4 rings (SSSR count). The summed E-state index contributed by atoms with van der Waals surface area (Å²) in [5.74, 6) is -2.88. The number of halogens is 3. The van der Waals surface area contributed by atoms with Crippen LogP contribution in [0, 0.1) is 23.4 Å². The van der Waals surface area contributed by atoms with Crippen molar-refractivity contribution >= 4 is 22.4 Å². The lowest BCUT2D eigenvalue weighted by atomic mass is 10.1. The summed E-state index contributed by atoms with van der Waals surface area (Å²) in [5.41, 5.74) is -0.472. The van der Waals surface area contributed by atoms with Crippen LogP contribution in [0.4, 0.5) is 18.9 Å². The summed E-state index contributed by atoms with van der Waals surface area (Å²) >= 11 is 0. The third kappa shape index (κ3) is 4.16. The van der Waals surface area contributed by atoms with Gasteiger partial charge in [0.1, 0.15) is 11.6 Å². The van der Waals surface area contributed by atoms with Crippen molar-refractivity contribution in [2.24, 2.45) is 5.92 Å². The van der Waals surface area contributed by atoms with E-state index in [0.29, 0.717) is 24.0 Å². The minimum absolute atomic E-state index is 0.110. The van der Waals surface area contributed by atoms with Gasteiger partial charge in [0, 0.05) is 18.0 Å². The van der Waals surface area contributed by atoms with Crippen molar-refractivity contribution in [3.63, 3.8) is 0 Å². The lowest BCUT2D eigenvalue weighted by Crippen LogP contribution is -2.16. The van der Waals surface area contributed by atoms with E-state index in [9.17, 15) is 18.0 Å². The largest absolute Gasteiger partial charge is 0.477 e. The Kier molecular flexibility index (Phi) is 5.33. The number of ether oxygens (including phenoxy) is 1. The quantitative estimate of drug-likeness (QED) is 0.663. The molecule has 2 aromatic heterocycles. The number of carbonyl (C=O) groups is 1. The maximum atomic E-state index is 14.8. The summed E-state index contributed by atoms with van der Waals surface area (Å²) in [6, 6.07) is 4.78. The number of pyridine rings is 2. The normalized spacial score (nSPS) is 14.3. The van der Waals surface area contributed by atoms with Crippen LogP contribution in [-0.2, 0) is 0 Å². The van der Waals surface area contributed by atoms with Gasteiger partial charge in [-0.05, 0) is 42.3 Å². The molecular formula is C21H18F3N3O2. The molecule has 0 spiro atoms. The van der Waals surface area contributed by atoms with Crippen LogP contribution in [-0.4, -0.2) is 22.5 Å². The van der Waals surface area contributed by atoms with Gasteiger partial charge in [0.05, 0.1) is 18.2 Å². The number of benzene rings is 1. The van der Waals surface area contributed by atoms with E-state index in [4.69, 9.17) is 4.74 Å². The topological polar surface area (TPSA) is 64.1 Å². The Morgan fingerprint density at radius 3 is 2.66 bits per heavy atom. The summed E-state index contributed by atoms with van der Waals surface area (Å²) in [4.78, 5) is 19.8. The van der Waals surface area contributed by atoms with Crippen LogP contribution < -0.4 is 10.1 Å². The molecule has 1 N–H and O–H groups in total. The number of carbonyl (C=O) groups excluding carboxylic acids is 1. The maximum Gasteiger partial charge on any atom is 0.277 e. The highest BCUT2D eigenvalue weighted by atomic mass is 19.1. The summed E-state index contributed by atoms with van der Waals surface area (Å²) in [7, 11) is 0. The Morgan fingerprint density at radius 2 is 1.90 bits per heavy atom. The van der Waals surface area contributed by atoms with Crippen molar-refractivity contribution in [1.29, 1.82) is 0 Å². The lowest BCUT2D eigenvalue weighted by molar-refractivity contribution is 0.101. The molecule has 1 aliphatic rings. The van der Waals surface area contributed by atoms with Gasteiger partial charge in [0.25, 0.3) is 5.91 Å². The molecule has 1 aliphatic carbocycles. The van der Waals surface area contributed by atoms with E-state index >= 15 is 0 Å². The molecule has 3 aromatic rings. The summed E-state index contributed by atoms with van der Waals surface area (Å²) in [5, 5.41) is 3.08. The Hall–Kier alpha value is -3.16. The van der Waals surface area contributed by atoms with Gasteiger partial charge in [-0.3, -0.25) is 4.79 Å². The Labute approximate surface area is 164 Å². The zero-order valence-corrected chi connectivity index (χ0v) is 15.4. The third-order valence-corrected chi connectivity index (χ3v) is 4.99. The van der Waals surface area contributed by atoms with E-state index in [1.165, 1.54) is 25.1 Å². The van der Waals surface area contributed by atoms with Gasteiger partial charge in [-0.2, -0.15) is 0 Å². The van der Waals surface area contributed by atoms with E-state index in [0.717, 1.165) is 25.1 Å². The first-order valence-corrected chi connectivity index (χ1v) is 9.34. The Morgan fingerprint density at radius 1 is 1.10 bits per heavy atom. The first kappa shape index (κ1) is 19.2. The fraction of sp³-hybridized carbons (Fsp3) is 0.286. The second-order valence-electron chi connectivity index (χ2n) is 7.07. The number of amides is 1. The average Bonchev–Trinajstić information content (AvgIpc) is 3.19. The van der Waals surface area contributed by atoms with Gasteiger partial charge in [-0.1, -0.05) is 12.8 Å². The Bertz CT molecular complexity index is 1070.